The zero-order valence-electron chi connectivity index (χ0n) is 31.8. The van der Waals surface area contributed by atoms with Crippen molar-refractivity contribution in [3.63, 3.8) is 0 Å². The van der Waals surface area contributed by atoms with Crippen molar-refractivity contribution in [2.45, 2.75) is 36.8 Å². The Morgan fingerprint density at radius 1 is 0.983 bits per heavy atom. The van der Waals surface area contributed by atoms with Gasteiger partial charge in [0, 0.05) is 23.6 Å². The van der Waals surface area contributed by atoms with Crippen LogP contribution in [0.2, 0.25) is 15.1 Å². The van der Waals surface area contributed by atoms with Crippen LogP contribution >= 0.6 is 34.8 Å². The standard InChI is InChI=1S/C43H35Cl3F3N5O6/c1-4-6-21-7-5-8-27(36(21)55)35-25-14-15-26-34(40(58)54(38(26)56)52(2)37-30(45)16-18-33(50-37)43(47,48)49)28(25)20-29-39(57)53(51-32-17-11-23(44)19-31(32)46)41(59)42(29,35)22-9-12-24(60-3)13-10-22/h4-5,7-14,16-19,26,28-29,34-35,51,55H,1,6,15,20H2,2-3H3. The van der Waals surface area contributed by atoms with E-state index in [1.807, 2.05) is 0 Å². The summed E-state index contributed by atoms with van der Waals surface area (Å²) in [7, 11) is 2.71. The minimum Gasteiger partial charge on any atom is -0.507 e. The van der Waals surface area contributed by atoms with Crippen molar-refractivity contribution in [1.29, 1.82) is 0 Å². The van der Waals surface area contributed by atoms with E-state index in [1.54, 1.807) is 54.6 Å². The molecule has 2 aliphatic heterocycles. The number of hydrazine groups is 2. The first kappa shape index (κ1) is 41.2. The number of methoxy groups -OCH3 is 1. The van der Waals surface area contributed by atoms with E-state index in [2.05, 4.69) is 17.0 Å². The summed E-state index contributed by atoms with van der Waals surface area (Å²) in [5.74, 6) is -8.24. The van der Waals surface area contributed by atoms with Crippen LogP contribution in [-0.2, 0) is 37.2 Å². The van der Waals surface area contributed by atoms with Gasteiger partial charge in [0.2, 0.25) is 0 Å². The van der Waals surface area contributed by atoms with Gasteiger partial charge in [0.25, 0.3) is 23.6 Å². The number of alkyl halides is 3. The van der Waals surface area contributed by atoms with Crippen molar-refractivity contribution in [2.24, 2.45) is 23.7 Å². The van der Waals surface area contributed by atoms with Gasteiger partial charge < -0.3 is 9.84 Å². The van der Waals surface area contributed by atoms with Gasteiger partial charge in [-0.05, 0) is 78.8 Å². The third-order valence-electron chi connectivity index (χ3n) is 12.1. The summed E-state index contributed by atoms with van der Waals surface area (Å²) in [6.07, 6.45) is -1.31. The number of amides is 4. The van der Waals surface area contributed by atoms with Gasteiger partial charge in [-0.15, -0.1) is 6.58 Å². The third-order valence-corrected chi connectivity index (χ3v) is 13.0. The summed E-state index contributed by atoms with van der Waals surface area (Å²) in [6, 6.07) is 18.0. The average Bonchev–Trinajstić information content (AvgIpc) is 3.59. The van der Waals surface area contributed by atoms with Gasteiger partial charge in [-0.25, -0.2) is 4.98 Å². The van der Waals surface area contributed by atoms with Crippen molar-refractivity contribution in [2.75, 3.05) is 24.6 Å². The van der Waals surface area contributed by atoms with Crippen LogP contribution in [-0.4, -0.2) is 57.9 Å². The Morgan fingerprint density at radius 3 is 2.38 bits per heavy atom. The molecule has 1 saturated carbocycles. The van der Waals surface area contributed by atoms with Crippen LogP contribution in [0.4, 0.5) is 24.7 Å². The molecule has 4 aromatic rings. The Bertz CT molecular complexity index is 2520. The average molecular weight is 881 g/mol. The second kappa shape index (κ2) is 15.2. The topological polar surface area (TPSA) is 132 Å². The molecule has 17 heteroatoms. The highest BCUT2D eigenvalue weighted by Gasteiger charge is 2.71. The fourth-order valence-electron chi connectivity index (χ4n) is 9.54. The van der Waals surface area contributed by atoms with Crippen molar-refractivity contribution in [3.8, 4) is 11.5 Å². The van der Waals surface area contributed by atoms with E-state index in [0.29, 0.717) is 39.1 Å². The van der Waals surface area contributed by atoms with Crippen LogP contribution in [0.5, 0.6) is 11.5 Å². The first-order valence-corrected chi connectivity index (χ1v) is 19.9. The highest BCUT2D eigenvalue weighted by molar-refractivity contribution is 6.36. The lowest BCUT2D eigenvalue weighted by atomic mass is 9.49. The van der Waals surface area contributed by atoms with E-state index in [1.165, 1.54) is 32.4 Å². The number of nitrogens with zero attached hydrogens (tertiary/aromatic N) is 4. The number of halogens is 6. The Morgan fingerprint density at radius 2 is 1.72 bits per heavy atom. The number of phenolic OH excluding ortho intramolecular Hbond substituents is 1. The normalized spacial score (nSPS) is 24.8. The van der Waals surface area contributed by atoms with Gasteiger partial charge in [0.15, 0.2) is 5.82 Å². The summed E-state index contributed by atoms with van der Waals surface area (Å²) in [5, 5.41) is 14.9. The Hall–Kier alpha value is -5.57. The van der Waals surface area contributed by atoms with E-state index in [-0.39, 0.29) is 40.7 Å². The number of para-hydroxylation sites is 1. The molecule has 0 radical (unpaired) electrons. The van der Waals surface area contributed by atoms with Gasteiger partial charge in [-0.2, -0.15) is 23.2 Å². The first-order chi connectivity index (χ1) is 28.5. The molecule has 6 atom stereocenters. The smallest absolute Gasteiger partial charge is 0.433 e. The van der Waals surface area contributed by atoms with E-state index >= 15 is 9.59 Å². The summed E-state index contributed by atoms with van der Waals surface area (Å²) in [4.78, 5) is 63.3. The molecule has 0 bridgehead atoms. The number of phenols is 1. The first-order valence-electron chi connectivity index (χ1n) is 18.8. The Kier molecular flexibility index (Phi) is 10.4. The quantitative estimate of drug-likeness (QED) is 0.125. The number of allylic oxidation sites excluding steroid dienone is 3. The maximum atomic E-state index is 15.5. The highest BCUT2D eigenvalue weighted by atomic mass is 35.5. The van der Waals surface area contributed by atoms with E-state index in [9.17, 15) is 27.9 Å². The van der Waals surface area contributed by atoms with Crippen molar-refractivity contribution >= 4 is 69.9 Å². The molecule has 3 aromatic carbocycles. The summed E-state index contributed by atoms with van der Waals surface area (Å²) >= 11 is 19.0. The number of aromatic nitrogens is 1. The molecule has 8 rings (SSSR count). The van der Waals surface area contributed by atoms with E-state index in [0.717, 1.165) is 21.1 Å². The van der Waals surface area contributed by atoms with Crippen molar-refractivity contribution in [1.82, 2.24) is 15.0 Å². The number of carbonyl (C=O) groups excluding carboxylic acids is 4. The second-order valence-electron chi connectivity index (χ2n) is 15.1. The number of imide groups is 2. The molecule has 310 valence electrons. The van der Waals surface area contributed by atoms with Gasteiger partial charge in [-0.1, -0.05) is 82.9 Å². The monoisotopic (exact) mass is 879 g/mol. The van der Waals surface area contributed by atoms with Crippen LogP contribution in [0.25, 0.3) is 0 Å². The molecule has 11 nitrogen and oxygen atoms in total. The van der Waals surface area contributed by atoms with Gasteiger partial charge in [0.1, 0.15) is 17.2 Å². The summed E-state index contributed by atoms with van der Waals surface area (Å²) in [6.45, 7) is 3.82. The van der Waals surface area contributed by atoms with Crippen LogP contribution in [0.1, 0.15) is 41.1 Å². The number of anilines is 2. The number of pyridine rings is 1. The van der Waals surface area contributed by atoms with Crippen molar-refractivity contribution < 1.29 is 42.2 Å². The molecule has 1 aromatic heterocycles. The number of carbonyl (C=O) groups is 4. The predicted octanol–water partition coefficient (Wildman–Crippen LogP) is 8.54. The molecule has 2 saturated heterocycles. The van der Waals surface area contributed by atoms with Crippen LogP contribution < -0.4 is 15.2 Å². The SMILES string of the molecule is C=CCc1cccc(C2C3=CCC4C(=O)N(N(C)c5nc(C(F)(F)F)ccc5Cl)C(=O)C4C3CC3C(=O)N(Nc4ccc(Cl)cc4Cl)C(=O)C32c2ccc(OC)cc2)c1O. The molecular weight excluding hydrogens is 846 g/mol. The summed E-state index contributed by atoms with van der Waals surface area (Å²) < 4.78 is 46.7. The zero-order valence-corrected chi connectivity index (χ0v) is 34.1. The number of benzene rings is 3. The fraction of sp³-hybridized carbons (Fsp3) is 0.279. The lowest BCUT2D eigenvalue weighted by molar-refractivity contribution is -0.142. The van der Waals surface area contributed by atoms with E-state index in [4.69, 9.17) is 39.5 Å². The molecule has 60 heavy (non-hydrogen) atoms. The summed E-state index contributed by atoms with van der Waals surface area (Å²) in [5.41, 5.74) is 1.82. The molecule has 3 heterocycles. The van der Waals surface area contributed by atoms with E-state index < -0.39 is 76.3 Å². The molecule has 2 N–H and O–H groups in total. The van der Waals surface area contributed by atoms with Crippen LogP contribution in [0.15, 0.2) is 97.1 Å². The lowest BCUT2D eigenvalue weighted by Crippen LogP contribution is -2.53. The lowest BCUT2D eigenvalue weighted by Gasteiger charge is -2.50. The maximum Gasteiger partial charge on any atom is 0.433 e. The Balaban J connectivity index is 1.31. The molecular formula is C43H35Cl3F3N5O6. The molecule has 4 amide bonds. The van der Waals surface area contributed by atoms with Crippen LogP contribution in [0, 0.1) is 23.7 Å². The predicted molar refractivity (Wildman–Crippen MR) is 217 cm³/mol. The molecule has 6 unspecified atom stereocenters. The number of rotatable bonds is 9. The van der Waals surface area contributed by atoms with Gasteiger partial charge >= 0.3 is 6.18 Å². The number of fused-ring (bicyclic) bond motifs is 4. The minimum absolute atomic E-state index is 0.00732. The minimum atomic E-state index is -4.85. The van der Waals surface area contributed by atoms with Gasteiger partial charge in [0.05, 0.1) is 46.0 Å². The Labute approximate surface area is 356 Å². The number of hydrogen-bond acceptors (Lipinski definition) is 9. The third kappa shape index (κ3) is 6.29. The maximum absolute atomic E-state index is 15.5. The van der Waals surface area contributed by atoms with Crippen LogP contribution in [0.3, 0.4) is 0 Å². The number of aromatic hydroxyl groups is 1. The second-order valence-corrected chi connectivity index (χ2v) is 16.3. The molecule has 2 aliphatic carbocycles. The number of hydrogen-bond donors (Lipinski definition) is 2. The molecule has 0 spiro atoms. The highest BCUT2D eigenvalue weighted by Crippen LogP contribution is 2.65. The zero-order chi connectivity index (χ0) is 43.0. The molecule has 3 fully saturated rings. The van der Waals surface area contributed by atoms with Crippen molar-refractivity contribution in [3.05, 3.63) is 135 Å². The largest absolute Gasteiger partial charge is 0.507 e. The fourth-order valence-corrected chi connectivity index (χ4v) is 10.2. The van der Waals surface area contributed by atoms with Gasteiger partial charge in [-0.3, -0.25) is 29.6 Å². The molecule has 4 aliphatic rings. The number of ether oxygens (including phenoxy) is 1. The number of nitrogens with one attached hydrogen (secondary N) is 1.